The molecular formula is C15H26N2O3. The Morgan fingerprint density at radius 3 is 2.15 bits per heavy atom. The first-order valence-corrected chi connectivity index (χ1v) is 7.81. The molecular weight excluding hydrogens is 256 g/mol. The molecule has 2 aliphatic rings. The van der Waals surface area contributed by atoms with Crippen LogP contribution < -0.4 is 0 Å². The minimum Gasteiger partial charge on any atom is -0.480 e. The Morgan fingerprint density at radius 2 is 1.60 bits per heavy atom. The molecule has 2 rings (SSSR count). The van der Waals surface area contributed by atoms with Crippen molar-refractivity contribution in [2.24, 2.45) is 5.92 Å². The topological polar surface area (TPSA) is 60.9 Å². The van der Waals surface area contributed by atoms with Crippen molar-refractivity contribution in [1.82, 2.24) is 9.80 Å². The van der Waals surface area contributed by atoms with E-state index in [2.05, 4.69) is 0 Å². The van der Waals surface area contributed by atoms with Gasteiger partial charge in [0.1, 0.15) is 6.54 Å². The van der Waals surface area contributed by atoms with Gasteiger partial charge < -0.3 is 14.9 Å². The Labute approximate surface area is 120 Å². The van der Waals surface area contributed by atoms with Crippen molar-refractivity contribution < 1.29 is 14.7 Å². The van der Waals surface area contributed by atoms with Crippen LogP contribution in [-0.4, -0.2) is 53.1 Å². The number of carbonyl (C=O) groups excluding carboxylic acids is 1. The number of carbonyl (C=O) groups is 2. The number of carboxylic acid groups (broad SMARTS) is 1. The highest BCUT2D eigenvalue weighted by molar-refractivity contribution is 5.80. The molecule has 0 aromatic carbocycles. The molecule has 0 unspecified atom stereocenters. The van der Waals surface area contributed by atoms with Crippen LogP contribution in [0.4, 0.5) is 4.79 Å². The first-order chi connectivity index (χ1) is 9.58. The molecule has 0 radical (unpaired) electrons. The zero-order valence-corrected chi connectivity index (χ0v) is 12.4. The Bertz CT molecular complexity index is 347. The van der Waals surface area contributed by atoms with Crippen LogP contribution in [0.25, 0.3) is 0 Å². The molecule has 1 N–H and O–H groups in total. The summed E-state index contributed by atoms with van der Waals surface area (Å²) < 4.78 is 0. The molecule has 5 heteroatoms. The van der Waals surface area contributed by atoms with E-state index in [4.69, 9.17) is 5.11 Å². The normalized spacial score (nSPS) is 20.2. The van der Waals surface area contributed by atoms with Gasteiger partial charge >= 0.3 is 12.0 Å². The van der Waals surface area contributed by atoms with Crippen LogP contribution in [-0.2, 0) is 4.79 Å². The molecule has 2 saturated carbocycles. The minimum absolute atomic E-state index is 0.105. The van der Waals surface area contributed by atoms with Crippen molar-refractivity contribution in [3.8, 4) is 0 Å². The van der Waals surface area contributed by atoms with E-state index in [0.29, 0.717) is 5.92 Å². The second-order valence-electron chi connectivity index (χ2n) is 6.27. The third-order valence-electron chi connectivity index (χ3n) is 4.65. The van der Waals surface area contributed by atoms with Gasteiger partial charge in [0.2, 0.25) is 0 Å². The molecule has 0 atom stereocenters. The summed E-state index contributed by atoms with van der Waals surface area (Å²) in [5.41, 5.74) is 0. The van der Waals surface area contributed by atoms with Crippen LogP contribution >= 0.6 is 0 Å². The number of urea groups is 1. The number of rotatable bonds is 5. The molecule has 2 fully saturated rings. The molecule has 0 heterocycles. The molecule has 114 valence electrons. The predicted molar refractivity (Wildman–Crippen MR) is 76.6 cm³/mol. The second kappa shape index (κ2) is 6.95. The maximum absolute atomic E-state index is 12.5. The fraction of sp³-hybridized carbons (Fsp3) is 0.867. The van der Waals surface area contributed by atoms with Crippen molar-refractivity contribution >= 4 is 12.0 Å². The highest BCUT2D eigenvalue weighted by atomic mass is 16.4. The van der Waals surface area contributed by atoms with Gasteiger partial charge in [-0.3, -0.25) is 4.79 Å². The monoisotopic (exact) mass is 282 g/mol. The van der Waals surface area contributed by atoms with Crippen molar-refractivity contribution in [3.63, 3.8) is 0 Å². The van der Waals surface area contributed by atoms with Gasteiger partial charge in [-0.05, 0) is 31.6 Å². The van der Waals surface area contributed by atoms with Gasteiger partial charge in [-0.1, -0.05) is 25.7 Å². The van der Waals surface area contributed by atoms with Gasteiger partial charge in [0, 0.05) is 19.6 Å². The van der Waals surface area contributed by atoms with E-state index in [9.17, 15) is 9.59 Å². The van der Waals surface area contributed by atoms with Crippen LogP contribution in [0.2, 0.25) is 0 Å². The van der Waals surface area contributed by atoms with E-state index in [1.807, 2.05) is 7.05 Å². The largest absolute Gasteiger partial charge is 0.480 e. The molecule has 0 saturated heterocycles. The smallest absolute Gasteiger partial charge is 0.323 e. The minimum atomic E-state index is -0.917. The number of amides is 2. The van der Waals surface area contributed by atoms with Gasteiger partial charge in [-0.2, -0.15) is 0 Å². The first-order valence-electron chi connectivity index (χ1n) is 7.81. The van der Waals surface area contributed by atoms with Crippen LogP contribution in [0, 0.1) is 5.92 Å². The highest BCUT2D eigenvalue weighted by Gasteiger charge is 2.31. The van der Waals surface area contributed by atoms with Gasteiger partial charge in [0.05, 0.1) is 0 Å². The third kappa shape index (κ3) is 3.87. The molecule has 0 spiro atoms. The zero-order valence-electron chi connectivity index (χ0n) is 12.4. The quantitative estimate of drug-likeness (QED) is 0.843. The van der Waals surface area contributed by atoms with Crippen LogP contribution in [0.5, 0.6) is 0 Å². The van der Waals surface area contributed by atoms with E-state index in [1.165, 1.54) is 25.7 Å². The summed E-state index contributed by atoms with van der Waals surface area (Å²) in [5, 5.41) is 9.05. The summed E-state index contributed by atoms with van der Waals surface area (Å²) >= 11 is 0. The lowest BCUT2D eigenvalue weighted by atomic mass is 10.1. The maximum atomic E-state index is 12.5. The lowest BCUT2D eigenvalue weighted by molar-refractivity contribution is -0.138. The summed E-state index contributed by atoms with van der Waals surface area (Å²) in [4.78, 5) is 26.9. The summed E-state index contributed by atoms with van der Waals surface area (Å²) in [5.74, 6) is -0.321. The maximum Gasteiger partial charge on any atom is 0.323 e. The molecule has 5 nitrogen and oxygen atoms in total. The number of hydrogen-bond donors (Lipinski definition) is 1. The standard InChI is InChI=1S/C15H26N2O3/c1-16(10-12-6-2-3-7-12)15(20)17(11-14(18)19)13-8-4-5-9-13/h12-13H,2-11H2,1H3,(H,18,19). The summed E-state index contributed by atoms with van der Waals surface area (Å²) in [6.07, 6.45) is 8.98. The fourth-order valence-electron chi connectivity index (χ4n) is 3.59. The Balaban J connectivity index is 1.94. The fourth-order valence-corrected chi connectivity index (χ4v) is 3.59. The SMILES string of the molecule is CN(CC1CCCC1)C(=O)N(CC(=O)O)C1CCCC1. The van der Waals surface area contributed by atoms with Gasteiger partial charge in [-0.15, -0.1) is 0 Å². The number of aliphatic carboxylic acids is 1. The highest BCUT2D eigenvalue weighted by Crippen LogP contribution is 2.27. The number of hydrogen-bond acceptors (Lipinski definition) is 2. The van der Waals surface area contributed by atoms with Crippen molar-refractivity contribution in [1.29, 1.82) is 0 Å². The Kier molecular flexibility index (Phi) is 5.26. The van der Waals surface area contributed by atoms with E-state index >= 15 is 0 Å². The van der Waals surface area contributed by atoms with Gasteiger partial charge in [-0.25, -0.2) is 4.79 Å². The van der Waals surface area contributed by atoms with Crippen LogP contribution in [0.1, 0.15) is 51.4 Å². The van der Waals surface area contributed by atoms with Gasteiger partial charge in [0.15, 0.2) is 0 Å². The molecule has 2 aliphatic carbocycles. The van der Waals surface area contributed by atoms with Crippen LogP contribution in [0.15, 0.2) is 0 Å². The molecule has 0 aromatic rings. The van der Waals surface area contributed by atoms with E-state index in [1.54, 1.807) is 9.80 Å². The Morgan fingerprint density at radius 1 is 1.05 bits per heavy atom. The molecule has 20 heavy (non-hydrogen) atoms. The molecule has 0 aliphatic heterocycles. The number of nitrogens with zero attached hydrogens (tertiary/aromatic N) is 2. The summed E-state index contributed by atoms with van der Waals surface area (Å²) in [6.45, 7) is 0.597. The summed E-state index contributed by atoms with van der Waals surface area (Å²) in [7, 11) is 1.81. The lowest BCUT2D eigenvalue weighted by Gasteiger charge is -2.32. The predicted octanol–water partition coefficient (Wildman–Crippen LogP) is 2.56. The third-order valence-corrected chi connectivity index (χ3v) is 4.65. The van der Waals surface area contributed by atoms with Crippen molar-refractivity contribution in [3.05, 3.63) is 0 Å². The van der Waals surface area contributed by atoms with E-state index in [-0.39, 0.29) is 18.6 Å². The van der Waals surface area contributed by atoms with Crippen LogP contribution in [0.3, 0.4) is 0 Å². The summed E-state index contributed by atoms with van der Waals surface area (Å²) in [6, 6.07) is 0.0100. The lowest BCUT2D eigenvalue weighted by Crippen LogP contribution is -2.49. The van der Waals surface area contributed by atoms with E-state index < -0.39 is 5.97 Å². The molecule has 0 bridgehead atoms. The molecule has 2 amide bonds. The Hall–Kier alpha value is -1.26. The van der Waals surface area contributed by atoms with Crippen molar-refractivity contribution in [2.75, 3.05) is 20.1 Å². The van der Waals surface area contributed by atoms with Crippen molar-refractivity contribution in [2.45, 2.75) is 57.4 Å². The zero-order chi connectivity index (χ0) is 14.5. The average molecular weight is 282 g/mol. The van der Waals surface area contributed by atoms with E-state index in [0.717, 1.165) is 32.2 Å². The van der Waals surface area contributed by atoms with Gasteiger partial charge in [0.25, 0.3) is 0 Å². The second-order valence-corrected chi connectivity index (χ2v) is 6.27. The number of carboxylic acids is 1. The molecule has 0 aromatic heterocycles. The first kappa shape index (κ1) is 15.1. The average Bonchev–Trinajstić information content (AvgIpc) is 3.07.